The molecular formula is C9H5N3S2. The SMILES string of the molecule is N#Cc1ccc(-c2cn[nH]c(=S)c2)s1. The van der Waals surface area contributed by atoms with Gasteiger partial charge in [-0.15, -0.1) is 11.3 Å². The minimum absolute atomic E-state index is 0.592. The van der Waals surface area contributed by atoms with Gasteiger partial charge in [0, 0.05) is 10.4 Å². The van der Waals surface area contributed by atoms with E-state index < -0.39 is 0 Å². The van der Waals surface area contributed by atoms with Gasteiger partial charge >= 0.3 is 0 Å². The molecule has 0 aliphatic heterocycles. The Balaban J connectivity index is 2.50. The molecular weight excluding hydrogens is 214 g/mol. The average molecular weight is 219 g/mol. The van der Waals surface area contributed by atoms with Gasteiger partial charge in [0.05, 0.1) is 6.20 Å². The maximum atomic E-state index is 8.67. The highest BCUT2D eigenvalue weighted by Crippen LogP contribution is 2.26. The fourth-order valence-electron chi connectivity index (χ4n) is 1.06. The highest BCUT2D eigenvalue weighted by atomic mass is 32.1. The van der Waals surface area contributed by atoms with Crippen molar-refractivity contribution in [2.24, 2.45) is 0 Å². The van der Waals surface area contributed by atoms with Gasteiger partial charge in [-0.25, -0.2) is 0 Å². The van der Waals surface area contributed by atoms with Crippen LogP contribution in [0, 0.1) is 16.0 Å². The number of thiophene rings is 1. The third-order valence-electron chi connectivity index (χ3n) is 1.67. The third kappa shape index (κ3) is 1.71. The smallest absolute Gasteiger partial charge is 0.120 e. The third-order valence-corrected chi connectivity index (χ3v) is 2.91. The fourth-order valence-corrected chi connectivity index (χ4v) is 2.03. The Morgan fingerprint density at radius 1 is 1.50 bits per heavy atom. The van der Waals surface area contributed by atoms with Crippen molar-refractivity contribution < 1.29 is 0 Å². The second-order valence-corrected chi connectivity index (χ2v) is 4.13. The van der Waals surface area contributed by atoms with Gasteiger partial charge in [-0.05, 0) is 18.2 Å². The molecule has 0 amide bonds. The summed E-state index contributed by atoms with van der Waals surface area (Å²) in [6.45, 7) is 0. The Kier molecular flexibility index (Phi) is 2.39. The first-order chi connectivity index (χ1) is 6.79. The molecule has 0 spiro atoms. The van der Waals surface area contributed by atoms with Crippen LogP contribution < -0.4 is 0 Å². The largest absolute Gasteiger partial charge is 0.268 e. The van der Waals surface area contributed by atoms with Crippen LogP contribution in [0.3, 0.4) is 0 Å². The van der Waals surface area contributed by atoms with Crippen molar-refractivity contribution in [2.45, 2.75) is 0 Å². The summed E-state index contributed by atoms with van der Waals surface area (Å²) >= 11 is 6.39. The minimum Gasteiger partial charge on any atom is -0.268 e. The number of nitrogens with one attached hydrogen (secondary N) is 1. The summed E-state index contributed by atoms with van der Waals surface area (Å²) in [5.74, 6) is 0. The van der Waals surface area contributed by atoms with E-state index in [4.69, 9.17) is 17.5 Å². The molecule has 2 aromatic heterocycles. The molecule has 2 aromatic rings. The Hall–Kier alpha value is -1.51. The first-order valence-corrected chi connectivity index (χ1v) is 5.07. The predicted molar refractivity (Wildman–Crippen MR) is 57.4 cm³/mol. The van der Waals surface area contributed by atoms with E-state index in [2.05, 4.69) is 16.3 Å². The maximum Gasteiger partial charge on any atom is 0.120 e. The molecule has 0 unspecified atom stereocenters. The summed E-state index contributed by atoms with van der Waals surface area (Å²) in [6.07, 6.45) is 1.70. The van der Waals surface area contributed by atoms with E-state index in [9.17, 15) is 0 Å². The zero-order valence-corrected chi connectivity index (χ0v) is 8.65. The van der Waals surface area contributed by atoms with E-state index in [1.165, 1.54) is 11.3 Å². The molecule has 0 saturated heterocycles. The number of aromatic nitrogens is 2. The Bertz CT molecular complexity index is 547. The van der Waals surface area contributed by atoms with Crippen molar-refractivity contribution in [1.29, 1.82) is 5.26 Å². The topological polar surface area (TPSA) is 52.5 Å². The highest BCUT2D eigenvalue weighted by Gasteiger charge is 2.01. The van der Waals surface area contributed by atoms with Crippen LogP contribution in [0.1, 0.15) is 4.88 Å². The lowest BCUT2D eigenvalue weighted by atomic mass is 10.2. The molecule has 0 atom stereocenters. The quantitative estimate of drug-likeness (QED) is 0.750. The van der Waals surface area contributed by atoms with Crippen LogP contribution in [-0.2, 0) is 0 Å². The monoisotopic (exact) mass is 219 g/mol. The lowest BCUT2D eigenvalue weighted by Gasteiger charge is -1.93. The van der Waals surface area contributed by atoms with Gasteiger partial charge in [0.15, 0.2) is 0 Å². The van der Waals surface area contributed by atoms with Gasteiger partial charge in [-0.2, -0.15) is 10.4 Å². The molecule has 0 bridgehead atoms. The first-order valence-electron chi connectivity index (χ1n) is 3.84. The second-order valence-electron chi connectivity index (χ2n) is 2.61. The Morgan fingerprint density at radius 2 is 2.36 bits per heavy atom. The van der Waals surface area contributed by atoms with Gasteiger partial charge < -0.3 is 0 Å². The van der Waals surface area contributed by atoms with Crippen LogP contribution in [0.15, 0.2) is 24.4 Å². The summed E-state index contributed by atoms with van der Waals surface area (Å²) in [5, 5.41) is 15.2. The van der Waals surface area contributed by atoms with E-state index in [0.717, 1.165) is 10.4 Å². The summed E-state index contributed by atoms with van der Waals surface area (Å²) in [6, 6.07) is 7.61. The molecule has 14 heavy (non-hydrogen) atoms. The molecule has 3 nitrogen and oxygen atoms in total. The molecule has 68 valence electrons. The number of nitrogens with zero attached hydrogens (tertiary/aromatic N) is 2. The lowest BCUT2D eigenvalue weighted by Crippen LogP contribution is -1.81. The molecule has 2 heterocycles. The molecule has 0 fully saturated rings. The van der Waals surface area contributed by atoms with Crippen molar-refractivity contribution >= 4 is 23.6 Å². The minimum atomic E-state index is 0.592. The average Bonchev–Trinajstić information content (AvgIpc) is 2.66. The molecule has 2 rings (SSSR count). The highest BCUT2D eigenvalue weighted by molar-refractivity contribution is 7.71. The normalized spacial score (nSPS) is 9.64. The van der Waals surface area contributed by atoms with E-state index in [1.54, 1.807) is 12.3 Å². The van der Waals surface area contributed by atoms with Gasteiger partial charge in [0.25, 0.3) is 0 Å². The van der Waals surface area contributed by atoms with Gasteiger partial charge in [-0.1, -0.05) is 12.2 Å². The zero-order valence-electron chi connectivity index (χ0n) is 7.02. The molecule has 0 radical (unpaired) electrons. The molecule has 0 aliphatic carbocycles. The molecule has 0 saturated carbocycles. The summed E-state index contributed by atoms with van der Waals surface area (Å²) < 4.78 is 0.592. The van der Waals surface area contributed by atoms with Crippen molar-refractivity contribution in [3.05, 3.63) is 33.9 Å². The van der Waals surface area contributed by atoms with Gasteiger partial charge in [0.1, 0.15) is 15.6 Å². The number of nitriles is 1. The summed E-state index contributed by atoms with van der Waals surface area (Å²) in [4.78, 5) is 1.70. The van der Waals surface area contributed by atoms with Crippen molar-refractivity contribution in [2.75, 3.05) is 0 Å². The number of rotatable bonds is 1. The molecule has 1 N–H and O–H groups in total. The van der Waals surface area contributed by atoms with E-state index in [1.807, 2.05) is 12.1 Å². The van der Waals surface area contributed by atoms with Crippen molar-refractivity contribution in [3.63, 3.8) is 0 Å². The zero-order chi connectivity index (χ0) is 9.97. The van der Waals surface area contributed by atoms with E-state index in [-0.39, 0.29) is 0 Å². The van der Waals surface area contributed by atoms with Crippen LogP contribution in [0.25, 0.3) is 10.4 Å². The van der Waals surface area contributed by atoms with E-state index >= 15 is 0 Å². The molecule has 5 heteroatoms. The second kappa shape index (κ2) is 3.70. The number of hydrogen-bond donors (Lipinski definition) is 1. The van der Waals surface area contributed by atoms with Crippen LogP contribution in [-0.4, -0.2) is 10.2 Å². The first kappa shape index (κ1) is 9.06. The standard InChI is InChI=1S/C9H5N3S2/c10-4-7-1-2-8(14-7)6-3-9(13)12-11-5-6/h1-3,5H,(H,12,13). The van der Waals surface area contributed by atoms with Crippen molar-refractivity contribution in [1.82, 2.24) is 10.2 Å². The number of H-pyrrole nitrogens is 1. The summed E-state index contributed by atoms with van der Waals surface area (Å²) in [5.41, 5.74) is 0.945. The van der Waals surface area contributed by atoms with Crippen LogP contribution >= 0.6 is 23.6 Å². The predicted octanol–water partition coefficient (Wildman–Crippen LogP) is 2.74. The number of aromatic amines is 1. The fraction of sp³-hybridized carbons (Fsp3) is 0. The maximum absolute atomic E-state index is 8.67. The van der Waals surface area contributed by atoms with Gasteiger partial charge in [-0.3, -0.25) is 5.10 Å². The Labute approximate surface area is 89.7 Å². The Morgan fingerprint density at radius 3 is 3.00 bits per heavy atom. The van der Waals surface area contributed by atoms with Crippen molar-refractivity contribution in [3.8, 4) is 16.5 Å². The van der Waals surface area contributed by atoms with E-state index in [0.29, 0.717) is 9.52 Å². The number of hydrogen-bond acceptors (Lipinski definition) is 4. The molecule has 0 aromatic carbocycles. The summed E-state index contributed by atoms with van der Waals surface area (Å²) in [7, 11) is 0. The van der Waals surface area contributed by atoms with Crippen LogP contribution in [0.5, 0.6) is 0 Å². The molecule has 0 aliphatic rings. The van der Waals surface area contributed by atoms with Crippen LogP contribution in [0.4, 0.5) is 0 Å². The van der Waals surface area contributed by atoms with Crippen LogP contribution in [0.2, 0.25) is 0 Å². The lowest BCUT2D eigenvalue weighted by molar-refractivity contribution is 1.02. The van der Waals surface area contributed by atoms with Gasteiger partial charge in [0.2, 0.25) is 0 Å².